The van der Waals surface area contributed by atoms with E-state index in [1.54, 1.807) is 29.2 Å². The predicted octanol–water partition coefficient (Wildman–Crippen LogP) is 1.57. The minimum Gasteiger partial charge on any atom is -0.481 e. The number of carboxylic acids is 1. The molecule has 1 aromatic rings. The predicted molar refractivity (Wildman–Crippen MR) is 73.8 cm³/mol. The van der Waals surface area contributed by atoms with E-state index in [-0.39, 0.29) is 18.6 Å². The number of nitrogens with zero attached hydrogens (tertiary/aromatic N) is 1. The standard InChI is InChI=1S/C14H18N2O4/c1-10-9-16(5-6-20-10)14(19)15-12-4-2-3-11(7-12)8-13(17)18/h2-4,7,10H,5-6,8-9H2,1H3,(H,15,19)(H,17,18). The molecule has 0 aromatic heterocycles. The van der Waals surface area contributed by atoms with E-state index in [0.29, 0.717) is 30.9 Å². The highest BCUT2D eigenvalue weighted by Gasteiger charge is 2.21. The second-order valence-corrected chi connectivity index (χ2v) is 4.83. The maximum Gasteiger partial charge on any atom is 0.322 e. The summed E-state index contributed by atoms with van der Waals surface area (Å²) in [5.74, 6) is -0.893. The number of carbonyl (C=O) groups is 2. The zero-order valence-electron chi connectivity index (χ0n) is 11.3. The molecule has 1 unspecified atom stereocenters. The fourth-order valence-electron chi connectivity index (χ4n) is 2.14. The Labute approximate surface area is 117 Å². The highest BCUT2D eigenvalue weighted by Crippen LogP contribution is 2.13. The van der Waals surface area contributed by atoms with Gasteiger partial charge in [-0.05, 0) is 24.6 Å². The number of carboxylic acid groups (broad SMARTS) is 1. The molecule has 1 aliphatic rings. The molecule has 2 rings (SSSR count). The Balaban J connectivity index is 1.98. The second-order valence-electron chi connectivity index (χ2n) is 4.83. The zero-order valence-corrected chi connectivity index (χ0v) is 11.3. The van der Waals surface area contributed by atoms with Gasteiger partial charge >= 0.3 is 12.0 Å². The van der Waals surface area contributed by atoms with Gasteiger partial charge in [0.1, 0.15) is 0 Å². The average Bonchev–Trinajstić information content (AvgIpc) is 2.38. The van der Waals surface area contributed by atoms with Gasteiger partial charge in [-0.1, -0.05) is 12.1 Å². The Morgan fingerprint density at radius 2 is 2.30 bits per heavy atom. The third-order valence-corrected chi connectivity index (χ3v) is 3.06. The first-order chi connectivity index (χ1) is 9.54. The van der Waals surface area contributed by atoms with Crippen molar-refractivity contribution in [2.45, 2.75) is 19.4 Å². The van der Waals surface area contributed by atoms with Crippen LogP contribution < -0.4 is 5.32 Å². The van der Waals surface area contributed by atoms with Gasteiger partial charge in [0.25, 0.3) is 0 Å². The molecule has 6 heteroatoms. The third-order valence-electron chi connectivity index (χ3n) is 3.06. The van der Waals surface area contributed by atoms with Crippen LogP contribution in [0.25, 0.3) is 0 Å². The molecule has 0 aliphatic carbocycles. The largest absolute Gasteiger partial charge is 0.481 e. The molecular formula is C14H18N2O4. The minimum absolute atomic E-state index is 0.0350. The number of aliphatic carboxylic acids is 1. The van der Waals surface area contributed by atoms with E-state index >= 15 is 0 Å². The van der Waals surface area contributed by atoms with Gasteiger partial charge in [0.2, 0.25) is 0 Å². The lowest BCUT2D eigenvalue weighted by Crippen LogP contribution is -2.46. The van der Waals surface area contributed by atoms with Crippen LogP contribution >= 0.6 is 0 Å². The van der Waals surface area contributed by atoms with Crippen LogP contribution in [0.1, 0.15) is 12.5 Å². The molecule has 1 atom stereocenters. The van der Waals surface area contributed by atoms with E-state index in [4.69, 9.17) is 9.84 Å². The van der Waals surface area contributed by atoms with Crippen molar-refractivity contribution in [2.24, 2.45) is 0 Å². The van der Waals surface area contributed by atoms with Gasteiger partial charge in [-0.3, -0.25) is 4.79 Å². The number of hydrogen-bond acceptors (Lipinski definition) is 3. The Hall–Kier alpha value is -2.08. The summed E-state index contributed by atoms with van der Waals surface area (Å²) in [6, 6.07) is 6.69. The van der Waals surface area contributed by atoms with Crippen molar-refractivity contribution in [3.05, 3.63) is 29.8 Å². The number of morpholine rings is 1. The fourth-order valence-corrected chi connectivity index (χ4v) is 2.14. The van der Waals surface area contributed by atoms with Crippen molar-refractivity contribution in [2.75, 3.05) is 25.0 Å². The quantitative estimate of drug-likeness (QED) is 0.879. The monoisotopic (exact) mass is 278 g/mol. The van der Waals surface area contributed by atoms with Gasteiger partial charge in [0.05, 0.1) is 19.1 Å². The van der Waals surface area contributed by atoms with Crippen molar-refractivity contribution in [1.82, 2.24) is 4.90 Å². The SMILES string of the molecule is CC1CN(C(=O)Nc2cccc(CC(=O)O)c2)CCO1. The topological polar surface area (TPSA) is 78.9 Å². The number of amides is 2. The molecule has 1 heterocycles. The van der Waals surface area contributed by atoms with Crippen LogP contribution in [0.3, 0.4) is 0 Å². The van der Waals surface area contributed by atoms with Crippen molar-refractivity contribution in [3.8, 4) is 0 Å². The van der Waals surface area contributed by atoms with Gasteiger partial charge in [0, 0.05) is 18.8 Å². The highest BCUT2D eigenvalue weighted by atomic mass is 16.5. The summed E-state index contributed by atoms with van der Waals surface area (Å²) in [4.78, 5) is 24.5. The highest BCUT2D eigenvalue weighted by molar-refractivity contribution is 5.89. The van der Waals surface area contributed by atoms with Crippen molar-refractivity contribution >= 4 is 17.7 Å². The number of benzene rings is 1. The van der Waals surface area contributed by atoms with Gasteiger partial charge in [-0.15, -0.1) is 0 Å². The summed E-state index contributed by atoms with van der Waals surface area (Å²) < 4.78 is 5.38. The van der Waals surface area contributed by atoms with E-state index in [9.17, 15) is 9.59 Å². The first kappa shape index (κ1) is 14.3. The van der Waals surface area contributed by atoms with Gasteiger partial charge in [0.15, 0.2) is 0 Å². The molecule has 0 spiro atoms. The van der Waals surface area contributed by atoms with Crippen molar-refractivity contribution < 1.29 is 19.4 Å². The number of carbonyl (C=O) groups excluding carboxylic acids is 1. The van der Waals surface area contributed by atoms with Crippen molar-refractivity contribution in [1.29, 1.82) is 0 Å². The Morgan fingerprint density at radius 1 is 1.50 bits per heavy atom. The molecule has 0 radical (unpaired) electrons. The zero-order chi connectivity index (χ0) is 14.5. The van der Waals surface area contributed by atoms with Crippen LogP contribution in [-0.4, -0.2) is 47.8 Å². The lowest BCUT2D eigenvalue weighted by molar-refractivity contribution is -0.136. The van der Waals surface area contributed by atoms with E-state index in [0.717, 1.165) is 0 Å². The molecule has 1 saturated heterocycles. The molecule has 20 heavy (non-hydrogen) atoms. The smallest absolute Gasteiger partial charge is 0.322 e. The Bertz CT molecular complexity index is 504. The van der Waals surface area contributed by atoms with Gasteiger partial charge in [-0.2, -0.15) is 0 Å². The van der Waals surface area contributed by atoms with Gasteiger partial charge in [-0.25, -0.2) is 4.79 Å². The first-order valence-electron chi connectivity index (χ1n) is 6.53. The molecule has 2 amide bonds. The molecule has 0 bridgehead atoms. The van der Waals surface area contributed by atoms with Crippen LogP contribution in [0.5, 0.6) is 0 Å². The van der Waals surface area contributed by atoms with E-state index in [2.05, 4.69) is 5.32 Å². The third kappa shape index (κ3) is 3.96. The average molecular weight is 278 g/mol. The molecule has 2 N–H and O–H groups in total. The summed E-state index contributed by atoms with van der Waals surface area (Å²) in [6.45, 7) is 3.58. The molecular weight excluding hydrogens is 260 g/mol. The van der Waals surface area contributed by atoms with Crippen molar-refractivity contribution in [3.63, 3.8) is 0 Å². The van der Waals surface area contributed by atoms with Crippen LogP contribution in [0, 0.1) is 0 Å². The lowest BCUT2D eigenvalue weighted by Gasteiger charge is -2.31. The van der Waals surface area contributed by atoms with E-state index in [1.807, 2.05) is 6.92 Å². The molecule has 6 nitrogen and oxygen atoms in total. The Morgan fingerprint density at radius 3 is 3.00 bits per heavy atom. The molecule has 0 saturated carbocycles. The minimum atomic E-state index is -0.893. The maximum absolute atomic E-state index is 12.1. The number of ether oxygens (including phenoxy) is 1. The fraction of sp³-hybridized carbons (Fsp3) is 0.429. The summed E-state index contributed by atoms with van der Waals surface area (Å²) >= 11 is 0. The van der Waals surface area contributed by atoms with Crippen LogP contribution in [-0.2, 0) is 16.0 Å². The van der Waals surface area contributed by atoms with Crippen LogP contribution in [0.4, 0.5) is 10.5 Å². The summed E-state index contributed by atoms with van der Waals surface area (Å²) in [5.41, 5.74) is 1.26. The number of anilines is 1. The van der Waals surface area contributed by atoms with Crippen LogP contribution in [0.2, 0.25) is 0 Å². The molecule has 1 aliphatic heterocycles. The maximum atomic E-state index is 12.1. The summed E-state index contributed by atoms with van der Waals surface area (Å²) in [6.07, 6.45) is -0.0222. The molecule has 1 fully saturated rings. The van der Waals surface area contributed by atoms with E-state index in [1.165, 1.54) is 0 Å². The number of nitrogens with one attached hydrogen (secondary N) is 1. The lowest BCUT2D eigenvalue weighted by atomic mass is 10.1. The molecule has 1 aromatic carbocycles. The molecule has 108 valence electrons. The second kappa shape index (κ2) is 6.38. The number of urea groups is 1. The van der Waals surface area contributed by atoms with Crippen LogP contribution in [0.15, 0.2) is 24.3 Å². The summed E-state index contributed by atoms with van der Waals surface area (Å²) in [7, 11) is 0. The number of rotatable bonds is 3. The number of hydrogen-bond donors (Lipinski definition) is 2. The normalized spacial score (nSPS) is 18.6. The summed E-state index contributed by atoms with van der Waals surface area (Å²) in [5, 5.41) is 11.5. The first-order valence-corrected chi connectivity index (χ1v) is 6.53. The van der Waals surface area contributed by atoms with E-state index < -0.39 is 5.97 Å². The Kier molecular flexibility index (Phi) is 4.57. The van der Waals surface area contributed by atoms with Gasteiger partial charge < -0.3 is 20.1 Å².